The number of ether oxygens (including phenoxy) is 1. The van der Waals surface area contributed by atoms with Gasteiger partial charge in [0.2, 0.25) is 0 Å². The molecule has 1 saturated heterocycles. The van der Waals surface area contributed by atoms with Crippen LogP contribution in [-0.2, 0) is 4.79 Å². The highest BCUT2D eigenvalue weighted by atomic mass is 16.5. The number of carbonyl (C=O) groups is 2. The Hall–Kier alpha value is -3.64. The van der Waals surface area contributed by atoms with Crippen molar-refractivity contribution in [2.45, 2.75) is 25.3 Å². The number of likely N-dealkylation sites (tertiary alicyclic amines) is 1. The van der Waals surface area contributed by atoms with E-state index in [2.05, 4.69) is 37.1 Å². The van der Waals surface area contributed by atoms with Crippen LogP contribution in [0.15, 0.2) is 72.8 Å². The number of anilines is 2. The van der Waals surface area contributed by atoms with Crippen molar-refractivity contribution >= 4 is 23.2 Å². The standard InChI is InChI=1S/C29H31N3O3/c1-20-9-14-26-24(17-20)25-18-30(2)16-15-27(25)32(26)28(33)19-35-23-12-10-22(11-13-23)31(3)29(34)21-7-5-4-6-8-21/h4-14,17,25,27H,15-16,18-19H2,1-3H3/t25-,27-/m1/s1. The van der Waals surface area contributed by atoms with E-state index in [1.807, 2.05) is 35.2 Å². The second-order valence-corrected chi connectivity index (χ2v) is 9.56. The third-order valence-corrected chi connectivity index (χ3v) is 7.13. The minimum Gasteiger partial charge on any atom is -0.484 e. The fourth-order valence-electron chi connectivity index (χ4n) is 5.28. The van der Waals surface area contributed by atoms with Crippen LogP contribution in [0, 0.1) is 6.92 Å². The van der Waals surface area contributed by atoms with Gasteiger partial charge in [-0.2, -0.15) is 0 Å². The van der Waals surface area contributed by atoms with E-state index in [0.29, 0.717) is 17.2 Å². The molecule has 0 unspecified atom stereocenters. The molecule has 5 rings (SSSR count). The van der Waals surface area contributed by atoms with Gasteiger partial charge in [-0.15, -0.1) is 0 Å². The van der Waals surface area contributed by atoms with Crippen LogP contribution in [0.3, 0.4) is 0 Å². The van der Waals surface area contributed by atoms with E-state index in [-0.39, 0.29) is 24.5 Å². The molecule has 0 radical (unpaired) electrons. The summed E-state index contributed by atoms with van der Waals surface area (Å²) >= 11 is 0. The minimum absolute atomic E-state index is 0.0207. The largest absolute Gasteiger partial charge is 0.484 e. The van der Waals surface area contributed by atoms with Gasteiger partial charge in [0.15, 0.2) is 6.61 Å². The number of piperidine rings is 1. The highest BCUT2D eigenvalue weighted by Gasteiger charge is 2.43. The van der Waals surface area contributed by atoms with Crippen molar-refractivity contribution in [3.05, 3.63) is 89.5 Å². The monoisotopic (exact) mass is 469 g/mol. The van der Waals surface area contributed by atoms with Gasteiger partial charge in [0.1, 0.15) is 5.75 Å². The average Bonchev–Trinajstić information content (AvgIpc) is 3.20. The summed E-state index contributed by atoms with van der Waals surface area (Å²) in [5.74, 6) is 0.841. The topological polar surface area (TPSA) is 53.1 Å². The third-order valence-electron chi connectivity index (χ3n) is 7.13. The molecule has 0 bridgehead atoms. The highest BCUT2D eigenvalue weighted by Crippen LogP contribution is 2.45. The Kier molecular flexibility index (Phi) is 6.31. The molecule has 2 heterocycles. The maximum Gasteiger partial charge on any atom is 0.265 e. The van der Waals surface area contributed by atoms with Gasteiger partial charge in [-0.1, -0.05) is 35.9 Å². The molecule has 3 aromatic rings. The number of fused-ring (bicyclic) bond motifs is 3. The van der Waals surface area contributed by atoms with Gasteiger partial charge in [0, 0.05) is 42.5 Å². The molecule has 6 nitrogen and oxygen atoms in total. The summed E-state index contributed by atoms with van der Waals surface area (Å²) in [5, 5.41) is 0. The van der Waals surface area contributed by atoms with E-state index in [1.165, 1.54) is 11.1 Å². The van der Waals surface area contributed by atoms with Crippen molar-refractivity contribution in [3.8, 4) is 5.75 Å². The number of aryl methyl sites for hydroxylation is 1. The van der Waals surface area contributed by atoms with Crippen LogP contribution >= 0.6 is 0 Å². The molecule has 0 aliphatic carbocycles. The predicted molar refractivity (Wildman–Crippen MR) is 138 cm³/mol. The van der Waals surface area contributed by atoms with Crippen LogP contribution < -0.4 is 14.5 Å². The SMILES string of the molecule is Cc1ccc2c(c1)[C@H]1CN(C)CC[C@H]1N2C(=O)COc1ccc(N(C)C(=O)c2ccccc2)cc1. The summed E-state index contributed by atoms with van der Waals surface area (Å²) in [7, 11) is 3.90. The van der Waals surface area contributed by atoms with E-state index >= 15 is 0 Å². The Morgan fingerprint density at radius 3 is 2.51 bits per heavy atom. The first-order valence-electron chi connectivity index (χ1n) is 12.1. The molecule has 35 heavy (non-hydrogen) atoms. The Morgan fingerprint density at radius 1 is 1.03 bits per heavy atom. The summed E-state index contributed by atoms with van der Waals surface area (Å²) in [5.41, 5.74) is 4.90. The number of nitrogens with zero attached hydrogens (tertiary/aromatic N) is 3. The molecule has 0 N–H and O–H groups in total. The molecule has 2 aliphatic rings. The molecule has 2 amide bonds. The van der Waals surface area contributed by atoms with Crippen LogP contribution in [0.25, 0.3) is 0 Å². The molecular formula is C29H31N3O3. The number of amides is 2. The van der Waals surface area contributed by atoms with Gasteiger partial charge in [-0.25, -0.2) is 0 Å². The van der Waals surface area contributed by atoms with E-state index < -0.39 is 0 Å². The minimum atomic E-state index is -0.0786. The van der Waals surface area contributed by atoms with Gasteiger partial charge in [0.05, 0.1) is 0 Å². The van der Waals surface area contributed by atoms with E-state index in [4.69, 9.17) is 4.74 Å². The number of benzene rings is 3. The molecular weight excluding hydrogens is 438 g/mol. The molecule has 180 valence electrons. The summed E-state index contributed by atoms with van der Waals surface area (Å²) in [6.07, 6.45) is 0.955. The van der Waals surface area contributed by atoms with Crippen LogP contribution in [0.4, 0.5) is 11.4 Å². The van der Waals surface area contributed by atoms with Gasteiger partial charge in [0.25, 0.3) is 11.8 Å². The second kappa shape index (κ2) is 9.55. The molecule has 2 aliphatic heterocycles. The predicted octanol–water partition coefficient (Wildman–Crippen LogP) is 4.48. The number of hydrogen-bond acceptors (Lipinski definition) is 4. The lowest BCUT2D eigenvalue weighted by molar-refractivity contribution is -0.121. The first-order chi connectivity index (χ1) is 16.9. The zero-order chi connectivity index (χ0) is 24.5. The van der Waals surface area contributed by atoms with Gasteiger partial charge >= 0.3 is 0 Å². The molecule has 2 atom stereocenters. The number of likely N-dealkylation sites (N-methyl/N-ethyl adjacent to an activating group) is 1. The van der Waals surface area contributed by atoms with E-state index in [0.717, 1.165) is 30.9 Å². The average molecular weight is 470 g/mol. The molecule has 0 spiro atoms. The molecule has 3 aromatic carbocycles. The lowest BCUT2D eigenvalue weighted by atomic mass is 9.89. The normalized spacial score (nSPS) is 19.1. The molecule has 6 heteroatoms. The number of carbonyl (C=O) groups excluding carboxylic acids is 2. The maximum atomic E-state index is 13.4. The highest BCUT2D eigenvalue weighted by molar-refractivity contribution is 6.05. The smallest absolute Gasteiger partial charge is 0.265 e. The second-order valence-electron chi connectivity index (χ2n) is 9.56. The van der Waals surface area contributed by atoms with Gasteiger partial charge in [-0.3, -0.25) is 9.59 Å². The fourth-order valence-corrected chi connectivity index (χ4v) is 5.28. The van der Waals surface area contributed by atoms with Crippen molar-refractivity contribution in [1.29, 1.82) is 0 Å². The Balaban J connectivity index is 1.26. The Bertz CT molecular complexity index is 1230. The van der Waals surface area contributed by atoms with E-state index in [1.54, 1.807) is 36.2 Å². The van der Waals surface area contributed by atoms with Gasteiger partial charge < -0.3 is 19.4 Å². The lowest BCUT2D eigenvalue weighted by Crippen LogP contribution is -2.48. The summed E-state index contributed by atoms with van der Waals surface area (Å²) in [6, 6.07) is 23.0. The van der Waals surface area contributed by atoms with Gasteiger partial charge in [-0.05, 0) is 75.0 Å². The van der Waals surface area contributed by atoms with Crippen molar-refractivity contribution in [2.75, 3.05) is 43.6 Å². The molecule has 0 aromatic heterocycles. The first-order valence-corrected chi connectivity index (χ1v) is 12.1. The number of hydrogen-bond donors (Lipinski definition) is 0. The van der Waals surface area contributed by atoms with Crippen LogP contribution in [-0.4, -0.2) is 56.5 Å². The quantitative estimate of drug-likeness (QED) is 0.553. The fraction of sp³-hybridized carbons (Fsp3) is 0.310. The van der Waals surface area contributed by atoms with Crippen molar-refractivity contribution in [3.63, 3.8) is 0 Å². The van der Waals surface area contributed by atoms with Crippen molar-refractivity contribution < 1.29 is 14.3 Å². The van der Waals surface area contributed by atoms with Crippen LogP contribution in [0.1, 0.15) is 33.8 Å². The third kappa shape index (κ3) is 4.54. The zero-order valence-corrected chi connectivity index (χ0v) is 20.5. The first kappa shape index (κ1) is 23.1. The zero-order valence-electron chi connectivity index (χ0n) is 20.5. The van der Waals surface area contributed by atoms with E-state index in [9.17, 15) is 9.59 Å². The number of rotatable bonds is 5. The van der Waals surface area contributed by atoms with Crippen molar-refractivity contribution in [2.24, 2.45) is 0 Å². The molecule has 1 fully saturated rings. The molecule has 0 saturated carbocycles. The Labute approximate surface area is 206 Å². The summed E-state index contributed by atoms with van der Waals surface area (Å²) in [6.45, 7) is 4.02. The summed E-state index contributed by atoms with van der Waals surface area (Å²) in [4.78, 5) is 32.0. The van der Waals surface area contributed by atoms with Crippen LogP contribution in [0.5, 0.6) is 5.75 Å². The Morgan fingerprint density at radius 2 is 1.77 bits per heavy atom. The van der Waals surface area contributed by atoms with Crippen molar-refractivity contribution in [1.82, 2.24) is 4.90 Å². The van der Waals surface area contributed by atoms with Crippen LogP contribution in [0.2, 0.25) is 0 Å². The lowest BCUT2D eigenvalue weighted by Gasteiger charge is -2.36. The maximum absolute atomic E-state index is 13.4. The summed E-state index contributed by atoms with van der Waals surface area (Å²) < 4.78 is 5.89.